The summed E-state index contributed by atoms with van der Waals surface area (Å²) in [5.74, 6) is 0.647. The van der Waals surface area contributed by atoms with Gasteiger partial charge in [0.2, 0.25) is 5.91 Å². The van der Waals surface area contributed by atoms with E-state index in [4.69, 9.17) is 12.2 Å². The summed E-state index contributed by atoms with van der Waals surface area (Å²) in [6.45, 7) is 5.63. The molecule has 2 N–H and O–H groups in total. The van der Waals surface area contributed by atoms with E-state index < -0.39 is 0 Å². The van der Waals surface area contributed by atoms with Crippen LogP contribution in [0.15, 0.2) is 0 Å². The van der Waals surface area contributed by atoms with Gasteiger partial charge >= 0.3 is 0 Å². The predicted octanol–water partition coefficient (Wildman–Crippen LogP) is 3.69. The molecule has 0 spiro atoms. The SMILES string of the molecule is CC(C)CC(=O)N1CCc2nc(NC(=S)NC3CCCCC3)sc2C1. The molecule has 25 heavy (non-hydrogen) atoms. The monoisotopic (exact) mass is 380 g/mol. The molecular formula is C18H28N4OS2. The fourth-order valence-electron chi connectivity index (χ4n) is 3.51. The van der Waals surface area contributed by atoms with Gasteiger partial charge in [-0.05, 0) is 31.0 Å². The number of carbonyl (C=O) groups excluding carboxylic acids is 1. The molecule has 1 amide bonds. The van der Waals surface area contributed by atoms with E-state index in [9.17, 15) is 4.79 Å². The minimum absolute atomic E-state index is 0.248. The van der Waals surface area contributed by atoms with Gasteiger partial charge in [-0.1, -0.05) is 44.4 Å². The van der Waals surface area contributed by atoms with Gasteiger partial charge < -0.3 is 15.5 Å². The third-order valence-electron chi connectivity index (χ3n) is 4.83. The number of amides is 1. The first-order chi connectivity index (χ1) is 12.0. The molecule has 0 radical (unpaired) electrons. The van der Waals surface area contributed by atoms with Gasteiger partial charge in [0.1, 0.15) is 0 Å². The molecule has 2 aliphatic rings. The van der Waals surface area contributed by atoms with Gasteiger partial charge in [0.05, 0.1) is 12.2 Å². The summed E-state index contributed by atoms with van der Waals surface area (Å²) in [7, 11) is 0. The number of thiazole rings is 1. The van der Waals surface area contributed by atoms with Crippen LogP contribution in [0.5, 0.6) is 0 Å². The van der Waals surface area contributed by atoms with Crippen LogP contribution in [0.2, 0.25) is 0 Å². The molecule has 1 aromatic heterocycles. The van der Waals surface area contributed by atoms with Crippen molar-refractivity contribution in [1.29, 1.82) is 0 Å². The van der Waals surface area contributed by atoms with Crippen molar-refractivity contribution in [2.45, 2.75) is 71.4 Å². The summed E-state index contributed by atoms with van der Waals surface area (Å²) in [4.78, 5) is 20.1. The Morgan fingerprint density at radius 1 is 1.36 bits per heavy atom. The number of nitrogens with one attached hydrogen (secondary N) is 2. The Morgan fingerprint density at radius 3 is 2.84 bits per heavy atom. The summed E-state index contributed by atoms with van der Waals surface area (Å²) >= 11 is 7.07. The molecule has 0 atom stereocenters. The molecule has 0 unspecified atom stereocenters. The predicted molar refractivity (Wildman–Crippen MR) is 107 cm³/mol. The van der Waals surface area contributed by atoms with Crippen molar-refractivity contribution < 1.29 is 4.79 Å². The van der Waals surface area contributed by atoms with Crippen molar-refractivity contribution >= 4 is 39.7 Å². The Balaban J connectivity index is 1.55. The molecule has 1 saturated carbocycles. The normalized spacial score (nSPS) is 18.1. The second-order valence-electron chi connectivity index (χ2n) is 7.49. The van der Waals surface area contributed by atoms with Crippen LogP contribution in [-0.2, 0) is 17.8 Å². The first kappa shape index (κ1) is 18.6. The molecule has 7 heteroatoms. The van der Waals surface area contributed by atoms with Gasteiger partial charge in [-0.3, -0.25) is 4.79 Å². The molecular weight excluding hydrogens is 352 g/mol. The minimum atomic E-state index is 0.248. The van der Waals surface area contributed by atoms with Gasteiger partial charge in [-0.15, -0.1) is 0 Å². The maximum Gasteiger partial charge on any atom is 0.223 e. The van der Waals surface area contributed by atoms with Crippen LogP contribution in [0.3, 0.4) is 0 Å². The Morgan fingerprint density at radius 2 is 2.12 bits per heavy atom. The van der Waals surface area contributed by atoms with Crippen molar-refractivity contribution in [3.8, 4) is 0 Å². The Labute approximate surface area is 159 Å². The summed E-state index contributed by atoms with van der Waals surface area (Å²) in [6, 6.07) is 0.493. The maximum atomic E-state index is 12.3. The topological polar surface area (TPSA) is 57.3 Å². The Kier molecular flexibility index (Phi) is 6.28. The summed E-state index contributed by atoms with van der Waals surface area (Å²) in [5, 5.41) is 8.18. The largest absolute Gasteiger partial charge is 0.360 e. The van der Waals surface area contributed by atoms with Gasteiger partial charge in [-0.25, -0.2) is 4.98 Å². The highest BCUT2D eigenvalue weighted by molar-refractivity contribution is 7.80. The van der Waals surface area contributed by atoms with E-state index in [1.807, 2.05) is 4.90 Å². The fourth-order valence-corrected chi connectivity index (χ4v) is 4.86. The number of hydrogen-bond donors (Lipinski definition) is 2. The molecule has 0 aromatic carbocycles. The smallest absolute Gasteiger partial charge is 0.223 e. The van der Waals surface area contributed by atoms with E-state index in [-0.39, 0.29) is 5.91 Å². The highest BCUT2D eigenvalue weighted by Crippen LogP contribution is 2.29. The van der Waals surface area contributed by atoms with E-state index in [0.717, 1.165) is 23.8 Å². The van der Waals surface area contributed by atoms with Crippen molar-refractivity contribution in [2.24, 2.45) is 5.92 Å². The van der Waals surface area contributed by atoms with Crippen LogP contribution in [0, 0.1) is 5.92 Å². The first-order valence-corrected chi connectivity index (χ1v) is 10.6. The molecule has 0 bridgehead atoms. The zero-order valence-corrected chi connectivity index (χ0v) is 16.8. The van der Waals surface area contributed by atoms with Crippen molar-refractivity contribution in [3.63, 3.8) is 0 Å². The van der Waals surface area contributed by atoms with Crippen LogP contribution >= 0.6 is 23.6 Å². The average Bonchev–Trinajstić information content (AvgIpc) is 2.96. The summed E-state index contributed by atoms with van der Waals surface area (Å²) < 4.78 is 0. The van der Waals surface area contributed by atoms with E-state index in [2.05, 4.69) is 29.5 Å². The second-order valence-corrected chi connectivity index (χ2v) is 8.98. The van der Waals surface area contributed by atoms with Crippen LogP contribution < -0.4 is 10.6 Å². The standard InChI is InChI=1S/C18H28N4OS2/c1-12(2)10-16(23)22-9-8-14-15(11-22)25-18(20-14)21-17(24)19-13-6-4-3-5-7-13/h12-13H,3-11H2,1-2H3,(H2,19,20,21,24). The molecule has 2 heterocycles. The Bertz CT molecular complexity index is 623. The number of nitrogens with zero attached hydrogens (tertiary/aromatic N) is 2. The lowest BCUT2D eigenvalue weighted by molar-refractivity contribution is -0.132. The fraction of sp³-hybridized carbons (Fsp3) is 0.722. The summed E-state index contributed by atoms with van der Waals surface area (Å²) in [6.07, 6.45) is 7.75. The molecule has 5 nitrogen and oxygen atoms in total. The lowest BCUT2D eigenvalue weighted by atomic mass is 9.96. The third kappa shape index (κ3) is 5.14. The van der Waals surface area contributed by atoms with E-state index in [1.165, 1.54) is 37.0 Å². The van der Waals surface area contributed by atoms with Gasteiger partial charge in [-0.2, -0.15) is 0 Å². The van der Waals surface area contributed by atoms with E-state index in [0.29, 0.717) is 30.0 Å². The molecule has 0 saturated heterocycles. The number of carbonyl (C=O) groups is 1. The van der Waals surface area contributed by atoms with Crippen LogP contribution in [0.25, 0.3) is 0 Å². The number of rotatable bonds is 4. The molecule has 138 valence electrons. The van der Waals surface area contributed by atoms with Gasteiger partial charge in [0, 0.05) is 30.3 Å². The summed E-state index contributed by atoms with van der Waals surface area (Å²) in [5.41, 5.74) is 1.11. The average molecular weight is 381 g/mol. The lowest BCUT2D eigenvalue weighted by Crippen LogP contribution is -2.38. The maximum absolute atomic E-state index is 12.3. The highest BCUT2D eigenvalue weighted by Gasteiger charge is 2.24. The Hall–Kier alpha value is -1.21. The zero-order chi connectivity index (χ0) is 17.8. The van der Waals surface area contributed by atoms with Crippen molar-refractivity contribution in [1.82, 2.24) is 15.2 Å². The third-order valence-corrected chi connectivity index (χ3v) is 6.05. The quantitative estimate of drug-likeness (QED) is 0.780. The molecule has 1 aliphatic heterocycles. The highest BCUT2D eigenvalue weighted by atomic mass is 32.1. The van der Waals surface area contributed by atoms with Gasteiger partial charge in [0.25, 0.3) is 0 Å². The number of aromatic nitrogens is 1. The van der Waals surface area contributed by atoms with Crippen molar-refractivity contribution in [2.75, 3.05) is 11.9 Å². The van der Waals surface area contributed by atoms with Crippen LogP contribution in [0.1, 0.15) is 62.9 Å². The minimum Gasteiger partial charge on any atom is -0.360 e. The molecule has 1 fully saturated rings. The molecule has 1 aromatic rings. The first-order valence-electron chi connectivity index (χ1n) is 9.35. The zero-order valence-electron chi connectivity index (χ0n) is 15.1. The molecule has 3 rings (SSSR count). The van der Waals surface area contributed by atoms with Crippen LogP contribution in [0.4, 0.5) is 5.13 Å². The van der Waals surface area contributed by atoms with Crippen molar-refractivity contribution in [3.05, 3.63) is 10.6 Å². The lowest BCUT2D eigenvalue weighted by Gasteiger charge is -2.26. The number of fused-ring (bicyclic) bond motifs is 1. The molecule has 1 aliphatic carbocycles. The van der Waals surface area contributed by atoms with Gasteiger partial charge in [0.15, 0.2) is 10.2 Å². The number of anilines is 1. The van der Waals surface area contributed by atoms with Crippen LogP contribution in [-0.4, -0.2) is 33.5 Å². The van der Waals surface area contributed by atoms with E-state index in [1.54, 1.807) is 11.3 Å². The van der Waals surface area contributed by atoms with E-state index >= 15 is 0 Å². The number of thiocarbonyl (C=S) groups is 1. The number of hydrogen-bond acceptors (Lipinski definition) is 4. The second kappa shape index (κ2) is 8.45.